The third kappa shape index (κ3) is 5.30. The molecule has 1 heterocycles. The molecule has 6 nitrogen and oxygen atoms in total. The van der Waals surface area contributed by atoms with Crippen LogP contribution in [0.2, 0.25) is 0 Å². The van der Waals surface area contributed by atoms with Crippen LogP contribution in [0.3, 0.4) is 0 Å². The van der Waals surface area contributed by atoms with Crippen molar-refractivity contribution in [3.05, 3.63) is 23.0 Å². The number of carbonyl (C=O) groups excluding carboxylic acids is 2. The Labute approximate surface area is 137 Å². The van der Waals surface area contributed by atoms with Gasteiger partial charge < -0.3 is 20.4 Å². The fourth-order valence-electron chi connectivity index (χ4n) is 2.55. The molecule has 1 aromatic rings. The van der Waals surface area contributed by atoms with Crippen molar-refractivity contribution in [2.75, 3.05) is 6.54 Å². The van der Waals surface area contributed by atoms with Gasteiger partial charge in [-0.05, 0) is 65.0 Å². The summed E-state index contributed by atoms with van der Waals surface area (Å²) in [4.78, 5) is 27.3. The van der Waals surface area contributed by atoms with Crippen molar-refractivity contribution in [2.24, 2.45) is 5.92 Å². The molecule has 0 radical (unpaired) electrons. The molecule has 3 N–H and O–H groups in total. The van der Waals surface area contributed by atoms with Crippen LogP contribution in [0.15, 0.2) is 6.07 Å². The number of nitrogens with one attached hydrogen (secondary N) is 3. The van der Waals surface area contributed by atoms with Crippen molar-refractivity contribution in [1.82, 2.24) is 15.6 Å². The number of ether oxygens (including phenoxy) is 1. The monoisotopic (exact) mass is 321 g/mol. The second kappa shape index (κ2) is 6.64. The van der Waals surface area contributed by atoms with Crippen LogP contribution < -0.4 is 10.6 Å². The number of aromatic nitrogens is 1. The van der Waals surface area contributed by atoms with Crippen molar-refractivity contribution < 1.29 is 14.3 Å². The zero-order valence-electron chi connectivity index (χ0n) is 14.6. The molecule has 1 atom stereocenters. The van der Waals surface area contributed by atoms with Crippen LogP contribution in [0, 0.1) is 19.8 Å². The van der Waals surface area contributed by atoms with E-state index >= 15 is 0 Å². The van der Waals surface area contributed by atoms with Crippen molar-refractivity contribution in [3.8, 4) is 0 Å². The lowest BCUT2D eigenvalue weighted by Crippen LogP contribution is -2.46. The molecule has 23 heavy (non-hydrogen) atoms. The molecule has 0 aromatic carbocycles. The Balaban J connectivity index is 1.91. The zero-order valence-corrected chi connectivity index (χ0v) is 14.6. The minimum absolute atomic E-state index is 0.0713. The van der Waals surface area contributed by atoms with Crippen LogP contribution >= 0.6 is 0 Å². The summed E-state index contributed by atoms with van der Waals surface area (Å²) in [6, 6.07) is 1.87. The van der Waals surface area contributed by atoms with E-state index in [1.807, 2.05) is 40.7 Å². The van der Waals surface area contributed by atoms with Gasteiger partial charge in [0, 0.05) is 18.3 Å². The summed E-state index contributed by atoms with van der Waals surface area (Å²) in [5.41, 5.74) is 1.95. The topological polar surface area (TPSA) is 83.2 Å². The Morgan fingerprint density at radius 2 is 2.00 bits per heavy atom. The van der Waals surface area contributed by atoms with Gasteiger partial charge in [0.05, 0.1) is 0 Å². The highest BCUT2D eigenvalue weighted by molar-refractivity contribution is 5.94. The third-order valence-electron chi connectivity index (χ3n) is 3.75. The van der Waals surface area contributed by atoms with Crippen LogP contribution in [-0.4, -0.2) is 35.2 Å². The molecule has 0 bridgehead atoms. The van der Waals surface area contributed by atoms with E-state index in [-0.39, 0.29) is 11.9 Å². The number of hydrogen-bond acceptors (Lipinski definition) is 3. The maximum Gasteiger partial charge on any atom is 0.407 e. The Morgan fingerprint density at radius 3 is 2.48 bits per heavy atom. The van der Waals surface area contributed by atoms with E-state index in [0.717, 1.165) is 24.1 Å². The zero-order chi connectivity index (χ0) is 17.2. The standard InChI is InChI=1S/C17H27N3O3/c1-10-8-11(2)19-14(10)15(21)20-13(12-6-7-12)9-18-16(22)23-17(3,4)5/h8,12-13,19H,6-7,9H2,1-5H3,(H,18,22)(H,20,21). The first-order valence-electron chi connectivity index (χ1n) is 8.09. The molecular formula is C17H27N3O3. The Hall–Kier alpha value is -1.98. The molecule has 1 fully saturated rings. The van der Waals surface area contributed by atoms with E-state index < -0.39 is 11.7 Å². The highest BCUT2D eigenvalue weighted by Gasteiger charge is 2.33. The Kier molecular flexibility index (Phi) is 5.02. The summed E-state index contributed by atoms with van der Waals surface area (Å²) in [6.07, 6.45) is 1.69. The lowest BCUT2D eigenvalue weighted by molar-refractivity contribution is 0.0518. The molecule has 1 aromatic heterocycles. The smallest absolute Gasteiger partial charge is 0.407 e. The summed E-state index contributed by atoms with van der Waals surface area (Å²) in [7, 11) is 0. The number of aryl methyl sites for hydroxylation is 2. The van der Waals surface area contributed by atoms with Gasteiger partial charge in [0.2, 0.25) is 0 Å². The number of rotatable bonds is 5. The van der Waals surface area contributed by atoms with Crippen molar-refractivity contribution >= 4 is 12.0 Å². The molecule has 128 valence electrons. The van der Waals surface area contributed by atoms with E-state index in [1.165, 1.54) is 0 Å². The molecule has 0 aliphatic heterocycles. The van der Waals surface area contributed by atoms with Gasteiger partial charge in [0.15, 0.2) is 0 Å². The SMILES string of the molecule is Cc1cc(C)c(C(=O)NC(CNC(=O)OC(C)(C)C)C2CC2)[nH]1. The first-order chi connectivity index (χ1) is 10.7. The minimum Gasteiger partial charge on any atom is -0.444 e. The Morgan fingerprint density at radius 1 is 1.35 bits per heavy atom. The second-order valence-corrected chi connectivity index (χ2v) is 7.31. The van der Waals surface area contributed by atoms with Crippen molar-refractivity contribution in [1.29, 1.82) is 0 Å². The van der Waals surface area contributed by atoms with Gasteiger partial charge in [-0.1, -0.05) is 0 Å². The van der Waals surface area contributed by atoms with E-state index in [2.05, 4.69) is 15.6 Å². The van der Waals surface area contributed by atoms with Gasteiger partial charge in [-0.3, -0.25) is 4.79 Å². The average molecular weight is 321 g/mol. The first kappa shape index (κ1) is 17.4. The van der Waals surface area contributed by atoms with Crippen molar-refractivity contribution in [2.45, 2.75) is 59.1 Å². The number of hydrogen-bond donors (Lipinski definition) is 3. The lowest BCUT2D eigenvalue weighted by Gasteiger charge is -2.22. The molecule has 6 heteroatoms. The molecule has 2 amide bonds. The van der Waals surface area contributed by atoms with E-state index in [1.54, 1.807) is 0 Å². The van der Waals surface area contributed by atoms with Crippen LogP contribution in [0.25, 0.3) is 0 Å². The quantitative estimate of drug-likeness (QED) is 0.779. The van der Waals surface area contributed by atoms with Gasteiger partial charge >= 0.3 is 6.09 Å². The lowest BCUT2D eigenvalue weighted by atomic mass is 10.1. The van der Waals surface area contributed by atoms with Crippen LogP contribution in [0.4, 0.5) is 4.79 Å². The van der Waals surface area contributed by atoms with Gasteiger partial charge in [-0.2, -0.15) is 0 Å². The van der Waals surface area contributed by atoms with Gasteiger partial charge in [-0.15, -0.1) is 0 Å². The van der Waals surface area contributed by atoms with Crippen molar-refractivity contribution in [3.63, 3.8) is 0 Å². The van der Waals surface area contributed by atoms with E-state index in [4.69, 9.17) is 4.74 Å². The summed E-state index contributed by atoms with van der Waals surface area (Å²) in [5, 5.41) is 5.78. The normalized spacial score (nSPS) is 15.9. The summed E-state index contributed by atoms with van der Waals surface area (Å²) < 4.78 is 5.23. The molecule has 0 saturated heterocycles. The summed E-state index contributed by atoms with van der Waals surface area (Å²) in [6.45, 7) is 9.68. The second-order valence-electron chi connectivity index (χ2n) is 7.31. The largest absolute Gasteiger partial charge is 0.444 e. The highest BCUT2D eigenvalue weighted by atomic mass is 16.6. The predicted octanol–water partition coefficient (Wildman–Crippen LogP) is 2.66. The summed E-state index contributed by atoms with van der Waals surface area (Å²) >= 11 is 0. The van der Waals surface area contributed by atoms with Gasteiger partial charge in [-0.25, -0.2) is 4.79 Å². The Bertz CT molecular complexity index is 582. The molecule has 1 aliphatic rings. The first-order valence-corrected chi connectivity index (χ1v) is 8.09. The van der Waals surface area contributed by atoms with Crippen LogP contribution in [0.1, 0.15) is 55.4 Å². The fraction of sp³-hybridized carbons (Fsp3) is 0.647. The maximum absolute atomic E-state index is 12.4. The minimum atomic E-state index is -0.526. The number of carbonyl (C=O) groups is 2. The predicted molar refractivity (Wildman–Crippen MR) is 88.5 cm³/mol. The number of alkyl carbamates (subject to hydrolysis) is 1. The van der Waals surface area contributed by atoms with Gasteiger partial charge in [0.1, 0.15) is 11.3 Å². The fourth-order valence-corrected chi connectivity index (χ4v) is 2.55. The number of H-pyrrole nitrogens is 1. The van der Waals surface area contributed by atoms with Crippen LogP contribution in [-0.2, 0) is 4.74 Å². The molecular weight excluding hydrogens is 294 g/mol. The van der Waals surface area contributed by atoms with E-state index in [0.29, 0.717) is 18.2 Å². The summed E-state index contributed by atoms with van der Waals surface area (Å²) in [5.74, 6) is 0.295. The number of aromatic amines is 1. The molecule has 1 aliphatic carbocycles. The van der Waals surface area contributed by atoms with Gasteiger partial charge in [0.25, 0.3) is 5.91 Å². The highest BCUT2D eigenvalue weighted by Crippen LogP contribution is 2.32. The molecule has 1 saturated carbocycles. The molecule has 0 spiro atoms. The maximum atomic E-state index is 12.4. The third-order valence-corrected chi connectivity index (χ3v) is 3.75. The molecule has 1 unspecified atom stereocenters. The molecule has 2 rings (SSSR count). The number of amides is 2. The van der Waals surface area contributed by atoms with Crippen LogP contribution in [0.5, 0.6) is 0 Å². The van der Waals surface area contributed by atoms with E-state index in [9.17, 15) is 9.59 Å². The average Bonchev–Trinajstić information content (AvgIpc) is 3.17.